The van der Waals surface area contributed by atoms with E-state index in [4.69, 9.17) is 9.73 Å². The fourth-order valence-corrected chi connectivity index (χ4v) is 3.31. The van der Waals surface area contributed by atoms with Gasteiger partial charge in [-0.3, -0.25) is 0 Å². The molecular formula is C21H38IN5O. The number of nitrogens with zero attached hydrogens (tertiary/aromatic N) is 3. The molecule has 1 aromatic rings. The monoisotopic (exact) mass is 503 g/mol. The minimum absolute atomic E-state index is 0. The smallest absolute Gasteiger partial charge is 0.191 e. The Morgan fingerprint density at radius 2 is 1.96 bits per heavy atom. The fraction of sp³-hybridized carbons (Fsp3) is 0.714. The number of rotatable bonds is 10. The first-order chi connectivity index (χ1) is 13.1. The summed E-state index contributed by atoms with van der Waals surface area (Å²) < 4.78 is 5.82. The highest BCUT2D eigenvalue weighted by atomic mass is 127. The molecule has 2 N–H and O–H groups in total. The van der Waals surface area contributed by atoms with E-state index < -0.39 is 0 Å². The number of aliphatic imine (C=N–C) groups is 1. The van der Waals surface area contributed by atoms with Gasteiger partial charge in [0, 0.05) is 39.0 Å². The molecule has 0 spiro atoms. The van der Waals surface area contributed by atoms with Gasteiger partial charge in [0.15, 0.2) is 5.96 Å². The summed E-state index contributed by atoms with van der Waals surface area (Å²) >= 11 is 0. The van der Waals surface area contributed by atoms with Gasteiger partial charge < -0.3 is 20.3 Å². The zero-order valence-corrected chi connectivity index (χ0v) is 20.2. The lowest BCUT2D eigenvalue weighted by Crippen LogP contribution is -2.39. The summed E-state index contributed by atoms with van der Waals surface area (Å²) in [5.74, 6) is 2.45. The van der Waals surface area contributed by atoms with Crippen LogP contribution in [0.4, 0.5) is 5.82 Å². The first kappa shape index (κ1) is 24.9. The van der Waals surface area contributed by atoms with Crippen molar-refractivity contribution in [3.8, 4) is 0 Å². The Kier molecular flexibility index (Phi) is 12.5. The zero-order chi connectivity index (χ0) is 19.5. The van der Waals surface area contributed by atoms with Gasteiger partial charge in [-0.15, -0.1) is 24.0 Å². The first-order valence-electron chi connectivity index (χ1n) is 10.5. The van der Waals surface area contributed by atoms with Gasteiger partial charge in [-0.1, -0.05) is 19.9 Å². The molecule has 0 aromatic carbocycles. The normalized spacial score (nSPS) is 15.5. The van der Waals surface area contributed by atoms with E-state index in [-0.39, 0.29) is 30.1 Å². The zero-order valence-electron chi connectivity index (χ0n) is 17.9. The summed E-state index contributed by atoms with van der Waals surface area (Å²) in [6.07, 6.45) is 5.75. The summed E-state index contributed by atoms with van der Waals surface area (Å²) in [6, 6.07) is 4.25. The molecule has 0 bridgehead atoms. The molecule has 160 valence electrons. The Morgan fingerprint density at radius 1 is 1.21 bits per heavy atom. The van der Waals surface area contributed by atoms with Crippen molar-refractivity contribution < 1.29 is 4.74 Å². The van der Waals surface area contributed by atoms with Crippen LogP contribution in [-0.4, -0.2) is 49.8 Å². The molecule has 2 heterocycles. The SMILES string of the molecule is CCNC(=NCc1ccc(N2CCCC2)nc1)NCCC(OCC)C(C)C.I. The van der Waals surface area contributed by atoms with Crippen molar-refractivity contribution in [2.75, 3.05) is 37.7 Å². The third kappa shape index (κ3) is 8.51. The Hall–Kier alpha value is -1.09. The predicted octanol–water partition coefficient (Wildman–Crippen LogP) is 3.81. The highest BCUT2D eigenvalue weighted by molar-refractivity contribution is 14.0. The summed E-state index contributed by atoms with van der Waals surface area (Å²) in [4.78, 5) is 11.7. The van der Waals surface area contributed by atoms with Crippen molar-refractivity contribution in [3.05, 3.63) is 23.9 Å². The molecule has 1 aliphatic rings. The molecule has 7 heteroatoms. The van der Waals surface area contributed by atoms with Gasteiger partial charge >= 0.3 is 0 Å². The molecular weight excluding hydrogens is 465 g/mol. The number of pyridine rings is 1. The predicted molar refractivity (Wildman–Crippen MR) is 129 cm³/mol. The van der Waals surface area contributed by atoms with Crippen LogP contribution in [0.5, 0.6) is 0 Å². The Labute approximate surface area is 187 Å². The second kappa shape index (κ2) is 14.0. The van der Waals surface area contributed by atoms with E-state index in [9.17, 15) is 0 Å². The van der Waals surface area contributed by atoms with Crippen molar-refractivity contribution >= 4 is 35.8 Å². The summed E-state index contributed by atoms with van der Waals surface area (Å²) in [5, 5.41) is 6.73. The van der Waals surface area contributed by atoms with Crippen LogP contribution >= 0.6 is 24.0 Å². The van der Waals surface area contributed by atoms with E-state index >= 15 is 0 Å². The maximum Gasteiger partial charge on any atom is 0.191 e. The Bertz CT molecular complexity index is 558. The largest absolute Gasteiger partial charge is 0.378 e. The maximum atomic E-state index is 5.82. The highest BCUT2D eigenvalue weighted by Crippen LogP contribution is 2.17. The molecule has 1 fully saturated rings. The molecule has 6 nitrogen and oxygen atoms in total. The average Bonchev–Trinajstić information content (AvgIpc) is 3.20. The minimum atomic E-state index is 0. The quantitative estimate of drug-likeness (QED) is 0.289. The molecule has 2 rings (SSSR count). The Morgan fingerprint density at radius 3 is 2.54 bits per heavy atom. The standard InChI is InChI=1S/C21H37N5O.HI/c1-5-22-21(23-12-11-19(17(3)4)27-6-2)25-16-18-9-10-20(24-15-18)26-13-7-8-14-26;/h9-10,15,17,19H,5-8,11-14,16H2,1-4H3,(H2,22,23,25);1H. The van der Waals surface area contributed by atoms with Gasteiger partial charge in [-0.2, -0.15) is 0 Å². The van der Waals surface area contributed by atoms with Gasteiger partial charge in [0.2, 0.25) is 0 Å². The maximum absolute atomic E-state index is 5.82. The van der Waals surface area contributed by atoms with E-state index in [1.165, 1.54) is 12.8 Å². The van der Waals surface area contributed by atoms with Crippen LogP contribution in [0.15, 0.2) is 23.3 Å². The van der Waals surface area contributed by atoms with E-state index in [0.717, 1.165) is 56.5 Å². The number of hydrogen-bond donors (Lipinski definition) is 2. The van der Waals surface area contributed by atoms with Crippen LogP contribution in [0.2, 0.25) is 0 Å². The molecule has 0 saturated carbocycles. The van der Waals surface area contributed by atoms with Crippen LogP contribution in [0.1, 0.15) is 52.5 Å². The molecule has 1 aliphatic heterocycles. The molecule has 28 heavy (non-hydrogen) atoms. The van der Waals surface area contributed by atoms with E-state index in [1.807, 2.05) is 6.20 Å². The van der Waals surface area contributed by atoms with Crippen LogP contribution in [-0.2, 0) is 11.3 Å². The van der Waals surface area contributed by atoms with Crippen molar-refractivity contribution in [1.29, 1.82) is 0 Å². The van der Waals surface area contributed by atoms with Crippen LogP contribution in [0.25, 0.3) is 0 Å². The number of anilines is 1. The lowest BCUT2D eigenvalue weighted by molar-refractivity contribution is 0.0258. The van der Waals surface area contributed by atoms with E-state index in [2.05, 4.69) is 60.3 Å². The van der Waals surface area contributed by atoms with Crippen molar-refractivity contribution in [2.24, 2.45) is 10.9 Å². The molecule has 1 aromatic heterocycles. The van der Waals surface area contributed by atoms with E-state index in [0.29, 0.717) is 12.5 Å². The number of hydrogen-bond acceptors (Lipinski definition) is 4. The topological polar surface area (TPSA) is 61.8 Å². The van der Waals surface area contributed by atoms with Gasteiger partial charge in [-0.25, -0.2) is 9.98 Å². The van der Waals surface area contributed by atoms with Crippen LogP contribution in [0, 0.1) is 5.92 Å². The Balaban J connectivity index is 0.00000392. The van der Waals surface area contributed by atoms with Gasteiger partial charge in [-0.05, 0) is 50.7 Å². The van der Waals surface area contributed by atoms with Crippen molar-refractivity contribution in [3.63, 3.8) is 0 Å². The van der Waals surface area contributed by atoms with Crippen LogP contribution < -0.4 is 15.5 Å². The molecule has 0 amide bonds. The van der Waals surface area contributed by atoms with Crippen LogP contribution in [0.3, 0.4) is 0 Å². The number of ether oxygens (including phenoxy) is 1. The molecule has 0 aliphatic carbocycles. The summed E-state index contributed by atoms with van der Waals surface area (Å²) in [7, 11) is 0. The minimum Gasteiger partial charge on any atom is -0.378 e. The number of nitrogens with one attached hydrogen (secondary N) is 2. The summed E-state index contributed by atoms with van der Waals surface area (Å²) in [6.45, 7) is 13.9. The first-order valence-corrected chi connectivity index (χ1v) is 10.5. The fourth-order valence-electron chi connectivity index (χ4n) is 3.31. The number of guanidine groups is 1. The van der Waals surface area contributed by atoms with E-state index in [1.54, 1.807) is 0 Å². The second-order valence-electron chi connectivity index (χ2n) is 7.37. The lowest BCUT2D eigenvalue weighted by atomic mass is 10.0. The molecule has 1 saturated heterocycles. The third-order valence-corrected chi connectivity index (χ3v) is 4.85. The average molecular weight is 503 g/mol. The number of halogens is 1. The summed E-state index contributed by atoms with van der Waals surface area (Å²) in [5.41, 5.74) is 1.13. The molecule has 1 unspecified atom stereocenters. The highest BCUT2D eigenvalue weighted by Gasteiger charge is 2.14. The lowest BCUT2D eigenvalue weighted by Gasteiger charge is -2.21. The molecule has 0 radical (unpaired) electrons. The molecule has 1 atom stereocenters. The second-order valence-corrected chi connectivity index (χ2v) is 7.37. The van der Waals surface area contributed by atoms with Crippen molar-refractivity contribution in [2.45, 2.75) is 59.6 Å². The van der Waals surface area contributed by atoms with Gasteiger partial charge in [0.05, 0.1) is 12.6 Å². The van der Waals surface area contributed by atoms with Crippen molar-refractivity contribution in [1.82, 2.24) is 15.6 Å². The number of aromatic nitrogens is 1. The third-order valence-electron chi connectivity index (χ3n) is 4.85. The van der Waals surface area contributed by atoms with Gasteiger partial charge in [0.1, 0.15) is 5.82 Å². The van der Waals surface area contributed by atoms with Gasteiger partial charge in [0.25, 0.3) is 0 Å².